The van der Waals surface area contributed by atoms with Crippen LogP contribution in [-0.4, -0.2) is 38.5 Å². The Hall–Kier alpha value is -3.61. The zero-order valence-electron chi connectivity index (χ0n) is 18.1. The smallest absolute Gasteiger partial charge is 0.331 e. The van der Waals surface area contributed by atoms with E-state index in [9.17, 15) is 14.4 Å². The second kappa shape index (κ2) is 11.5. The first kappa shape index (κ1) is 23.7. The molecule has 0 unspecified atom stereocenters. The number of carbonyl (C=O) groups is 3. The van der Waals surface area contributed by atoms with E-state index in [1.165, 1.54) is 26.4 Å². The molecule has 2 rings (SSSR count). The monoisotopic (exact) mass is 425 g/mol. The first-order valence-electron chi connectivity index (χ1n) is 9.83. The molecule has 7 nitrogen and oxygen atoms in total. The highest BCUT2D eigenvalue weighted by Crippen LogP contribution is 2.31. The summed E-state index contributed by atoms with van der Waals surface area (Å²) in [5, 5.41) is 2.78. The molecule has 0 radical (unpaired) electrons. The average Bonchev–Trinajstić information content (AvgIpc) is 2.75. The summed E-state index contributed by atoms with van der Waals surface area (Å²) >= 11 is 0. The lowest BCUT2D eigenvalue weighted by Crippen LogP contribution is -2.14. The summed E-state index contributed by atoms with van der Waals surface area (Å²) in [4.78, 5) is 36.1. The summed E-state index contributed by atoms with van der Waals surface area (Å²) < 4.78 is 15.5. The Morgan fingerprint density at radius 2 is 1.71 bits per heavy atom. The molecule has 0 spiro atoms. The Kier molecular flexibility index (Phi) is 8.81. The number of Topliss-reactive ketones (excluding diaryl/α,β-unsaturated/α-hetero) is 1. The van der Waals surface area contributed by atoms with E-state index < -0.39 is 12.6 Å². The number of para-hydroxylation sites is 1. The van der Waals surface area contributed by atoms with E-state index in [0.717, 1.165) is 0 Å². The molecule has 0 saturated heterocycles. The van der Waals surface area contributed by atoms with Crippen molar-refractivity contribution in [3.8, 4) is 11.5 Å². The van der Waals surface area contributed by atoms with Gasteiger partial charge in [-0.15, -0.1) is 0 Å². The molecule has 164 valence electrons. The molecule has 0 aromatic heterocycles. The fourth-order valence-corrected chi connectivity index (χ4v) is 2.79. The summed E-state index contributed by atoms with van der Waals surface area (Å²) in [6.45, 7) is 3.54. The average molecular weight is 425 g/mol. The number of nitrogens with one attached hydrogen (secondary N) is 1. The lowest BCUT2D eigenvalue weighted by Gasteiger charge is -2.09. The molecule has 1 N–H and O–H groups in total. The maximum Gasteiger partial charge on any atom is 0.331 e. The highest BCUT2D eigenvalue weighted by Gasteiger charge is 2.11. The normalized spacial score (nSPS) is 10.7. The number of hydrogen-bond donors (Lipinski definition) is 1. The number of esters is 1. The highest BCUT2D eigenvalue weighted by atomic mass is 16.5. The molecule has 0 atom stereocenters. The predicted octanol–water partition coefficient (Wildman–Crippen LogP) is 4.13. The van der Waals surface area contributed by atoms with Crippen molar-refractivity contribution >= 4 is 29.4 Å². The summed E-state index contributed by atoms with van der Waals surface area (Å²) in [6, 6.07) is 11.7. The number of ether oxygens (including phenoxy) is 3. The van der Waals surface area contributed by atoms with Crippen LogP contribution >= 0.6 is 0 Å². The van der Waals surface area contributed by atoms with Crippen LogP contribution in [0.5, 0.6) is 11.5 Å². The molecule has 1 amide bonds. The minimum Gasteiger partial charge on any atom is -0.493 e. The van der Waals surface area contributed by atoms with Crippen LogP contribution in [0.1, 0.15) is 36.2 Å². The summed E-state index contributed by atoms with van der Waals surface area (Å²) in [5.74, 6) is 0.205. The Bertz CT molecular complexity index is 947. The largest absolute Gasteiger partial charge is 0.493 e. The molecule has 7 heteroatoms. The lowest BCUT2D eigenvalue weighted by atomic mass is 10.1. The fraction of sp³-hybridized carbons (Fsp3) is 0.292. The first-order chi connectivity index (χ1) is 14.8. The van der Waals surface area contributed by atoms with E-state index in [0.29, 0.717) is 34.7 Å². The van der Waals surface area contributed by atoms with Crippen molar-refractivity contribution < 1.29 is 28.6 Å². The molecule has 0 heterocycles. The SMILES string of the molecule is COc1cccc(/C=C/C(=O)OCC(=O)c2ccc(NC(=O)CC(C)C)cc2)c1OC. The van der Waals surface area contributed by atoms with E-state index in [4.69, 9.17) is 14.2 Å². The predicted molar refractivity (Wildman–Crippen MR) is 118 cm³/mol. The van der Waals surface area contributed by atoms with Gasteiger partial charge in [0, 0.05) is 29.3 Å². The Labute approximate surface area is 182 Å². The van der Waals surface area contributed by atoms with Crippen molar-refractivity contribution in [3.63, 3.8) is 0 Å². The second-order valence-corrected chi connectivity index (χ2v) is 7.17. The summed E-state index contributed by atoms with van der Waals surface area (Å²) in [7, 11) is 3.03. The number of rotatable bonds is 10. The minimum absolute atomic E-state index is 0.0811. The van der Waals surface area contributed by atoms with E-state index in [1.54, 1.807) is 42.5 Å². The third kappa shape index (κ3) is 7.29. The molecule has 0 fully saturated rings. The van der Waals surface area contributed by atoms with Crippen LogP contribution < -0.4 is 14.8 Å². The van der Waals surface area contributed by atoms with E-state index in [1.807, 2.05) is 13.8 Å². The number of amides is 1. The van der Waals surface area contributed by atoms with E-state index >= 15 is 0 Å². The van der Waals surface area contributed by atoms with Gasteiger partial charge in [0.15, 0.2) is 23.9 Å². The Morgan fingerprint density at radius 1 is 1.00 bits per heavy atom. The van der Waals surface area contributed by atoms with Crippen LogP contribution in [0, 0.1) is 5.92 Å². The van der Waals surface area contributed by atoms with Gasteiger partial charge in [-0.25, -0.2) is 4.79 Å². The van der Waals surface area contributed by atoms with Gasteiger partial charge in [0.1, 0.15) is 0 Å². The molecule has 0 saturated carbocycles. The van der Waals surface area contributed by atoms with Crippen molar-refractivity contribution in [1.82, 2.24) is 0 Å². The molecule has 0 aliphatic rings. The van der Waals surface area contributed by atoms with Gasteiger partial charge >= 0.3 is 5.97 Å². The van der Waals surface area contributed by atoms with Gasteiger partial charge < -0.3 is 19.5 Å². The number of methoxy groups -OCH3 is 2. The van der Waals surface area contributed by atoms with Crippen LogP contribution in [0.3, 0.4) is 0 Å². The van der Waals surface area contributed by atoms with Crippen molar-refractivity contribution in [1.29, 1.82) is 0 Å². The Balaban J connectivity index is 1.90. The molecule has 0 aliphatic heterocycles. The molecule has 2 aromatic rings. The molecule has 31 heavy (non-hydrogen) atoms. The zero-order valence-corrected chi connectivity index (χ0v) is 18.1. The summed E-state index contributed by atoms with van der Waals surface area (Å²) in [5.41, 5.74) is 1.63. The topological polar surface area (TPSA) is 90.9 Å². The number of ketones is 1. The summed E-state index contributed by atoms with van der Waals surface area (Å²) in [6.07, 6.45) is 3.17. The molecular weight excluding hydrogens is 398 g/mol. The van der Waals surface area contributed by atoms with Crippen molar-refractivity contribution in [3.05, 3.63) is 59.7 Å². The highest BCUT2D eigenvalue weighted by molar-refractivity contribution is 5.99. The van der Waals surface area contributed by atoms with Crippen molar-refractivity contribution in [2.75, 3.05) is 26.1 Å². The Morgan fingerprint density at radius 3 is 2.32 bits per heavy atom. The minimum atomic E-state index is -0.657. The van der Waals surface area contributed by atoms with Crippen LogP contribution in [0.25, 0.3) is 6.08 Å². The third-order valence-electron chi connectivity index (χ3n) is 4.26. The first-order valence-corrected chi connectivity index (χ1v) is 9.83. The quantitative estimate of drug-likeness (QED) is 0.350. The van der Waals surface area contributed by atoms with E-state index in [-0.39, 0.29) is 17.6 Å². The lowest BCUT2D eigenvalue weighted by molar-refractivity contribution is -0.136. The van der Waals surface area contributed by atoms with Gasteiger partial charge in [-0.2, -0.15) is 0 Å². The molecule has 0 aliphatic carbocycles. The van der Waals surface area contributed by atoms with Crippen LogP contribution in [-0.2, 0) is 14.3 Å². The van der Waals surface area contributed by atoms with Gasteiger partial charge in [0.05, 0.1) is 14.2 Å². The maximum atomic E-state index is 12.3. The number of carbonyl (C=O) groups excluding carboxylic acids is 3. The maximum absolute atomic E-state index is 12.3. The van der Waals surface area contributed by atoms with Crippen LogP contribution in [0.4, 0.5) is 5.69 Å². The van der Waals surface area contributed by atoms with Gasteiger partial charge in [-0.1, -0.05) is 26.0 Å². The van der Waals surface area contributed by atoms with Gasteiger partial charge in [-0.3, -0.25) is 9.59 Å². The number of anilines is 1. The number of hydrogen-bond acceptors (Lipinski definition) is 6. The van der Waals surface area contributed by atoms with Crippen LogP contribution in [0.15, 0.2) is 48.5 Å². The zero-order chi connectivity index (χ0) is 22.8. The molecule has 0 bridgehead atoms. The standard InChI is InChI=1S/C24H27NO6/c1-16(2)14-22(27)25-19-11-8-17(9-12-19)20(26)15-31-23(28)13-10-18-6-5-7-21(29-3)24(18)30-4/h5-13,16H,14-15H2,1-4H3,(H,25,27)/b13-10+. The third-order valence-corrected chi connectivity index (χ3v) is 4.26. The second-order valence-electron chi connectivity index (χ2n) is 7.17. The fourth-order valence-electron chi connectivity index (χ4n) is 2.79. The number of benzene rings is 2. The molecule has 2 aromatic carbocycles. The van der Waals surface area contributed by atoms with E-state index in [2.05, 4.69) is 5.32 Å². The van der Waals surface area contributed by atoms with Gasteiger partial charge in [0.2, 0.25) is 5.91 Å². The van der Waals surface area contributed by atoms with Gasteiger partial charge in [-0.05, 0) is 42.3 Å². The molecular formula is C24H27NO6. The van der Waals surface area contributed by atoms with Crippen LogP contribution in [0.2, 0.25) is 0 Å². The van der Waals surface area contributed by atoms with Crippen molar-refractivity contribution in [2.45, 2.75) is 20.3 Å². The van der Waals surface area contributed by atoms with Gasteiger partial charge in [0.25, 0.3) is 0 Å². The van der Waals surface area contributed by atoms with Crippen molar-refractivity contribution in [2.24, 2.45) is 5.92 Å².